The standard InChI is InChI=1S/C26H28F3N3O4.C3H8.C2H6/c1-17-14-23(32-12-13-35-25(2,3)16-32)31-22-11-5-18(4-10-21(17)22)30-24(33)15-34-19-6-8-20(9-7-19)36-26(27,28)29;1-3-2;1-2/h4-9,11,14H,10,12-13,15-16H2,1-3H3,(H,30,33);3H2,1-2H3;1-2H3. The number of morpholine rings is 1. The number of fused-ring (bicyclic) bond motifs is 1. The predicted octanol–water partition coefficient (Wildman–Crippen LogP) is 6.99. The summed E-state index contributed by atoms with van der Waals surface area (Å²) >= 11 is 0. The van der Waals surface area contributed by atoms with Crippen LogP contribution in [0.5, 0.6) is 11.5 Å². The maximum atomic E-state index is 12.4. The number of nitrogens with one attached hydrogen (secondary N) is 1. The molecule has 1 fully saturated rings. The van der Waals surface area contributed by atoms with E-state index in [1.54, 1.807) is 6.08 Å². The fourth-order valence-electron chi connectivity index (χ4n) is 4.11. The highest BCUT2D eigenvalue weighted by atomic mass is 19.4. The summed E-state index contributed by atoms with van der Waals surface area (Å²) in [5.41, 5.74) is 3.44. The van der Waals surface area contributed by atoms with Crippen LogP contribution in [0.1, 0.15) is 64.8 Å². The van der Waals surface area contributed by atoms with E-state index in [4.69, 9.17) is 14.5 Å². The van der Waals surface area contributed by atoms with Gasteiger partial charge in [-0.25, -0.2) is 4.98 Å². The molecule has 0 radical (unpaired) electrons. The van der Waals surface area contributed by atoms with Gasteiger partial charge in [-0.1, -0.05) is 40.2 Å². The average Bonchev–Trinajstić information content (AvgIpc) is 3.11. The van der Waals surface area contributed by atoms with E-state index in [2.05, 4.69) is 55.6 Å². The van der Waals surface area contributed by atoms with E-state index in [9.17, 15) is 18.0 Å². The van der Waals surface area contributed by atoms with Gasteiger partial charge in [0.05, 0.1) is 17.9 Å². The molecule has 10 heteroatoms. The number of benzene rings is 1. The van der Waals surface area contributed by atoms with Crippen molar-refractivity contribution in [2.75, 3.05) is 31.2 Å². The number of nitrogens with zero attached hydrogens (tertiary/aromatic N) is 2. The number of pyridine rings is 1. The second-order valence-electron chi connectivity index (χ2n) is 9.95. The van der Waals surface area contributed by atoms with Gasteiger partial charge in [-0.15, -0.1) is 13.2 Å². The van der Waals surface area contributed by atoms with Gasteiger partial charge < -0.3 is 24.4 Å². The third kappa shape index (κ3) is 11.1. The summed E-state index contributed by atoms with van der Waals surface area (Å²) in [5, 5.41) is 2.80. The van der Waals surface area contributed by atoms with Crippen LogP contribution in [0.15, 0.2) is 48.2 Å². The highest BCUT2D eigenvalue weighted by molar-refractivity contribution is 5.80. The number of ether oxygens (including phenoxy) is 3. The Bertz CT molecular complexity index is 1190. The van der Waals surface area contributed by atoms with Crippen LogP contribution >= 0.6 is 0 Å². The molecule has 1 saturated heterocycles. The number of alkyl halides is 3. The molecule has 0 atom stereocenters. The van der Waals surface area contributed by atoms with Crippen LogP contribution in [0.3, 0.4) is 0 Å². The minimum atomic E-state index is -4.77. The Morgan fingerprint density at radius 2 is 1.76 bits per heavy atom. The zero-order valence-corrected chi connectivity index (χ0v) is 25.0. The first kappa shape index (κ1) is 33.7. The number of aryl methyl sites for hydroxylation is 1. The molecule has 2 aliphatic rings. The van der Waals surface area contributed by atoms with Gasteiger partial charge in [0.25, 0.3) is 5.91 Å². The van der Waals surface area contributed by atoms with Gasteiger partial charge in [0.2, 0.25) is 0 Å². The number of rotatable bonds is 6. The summed E-state index contributed by atoms with van der Waals surface area (Å²) in [5.74, 6) is 0.390. The quantitative estimate of drug-likeness (QED) is 0.399. The van der Waals surface area contributed by atoms with Crippen molar-refractivity contribution in [2.24, 2.45) is 0 Å². The molecule has 0 bridgehead atoms. The molecule has 2 heterocycles. The van der Waals surface area contributed by atoms with Crippen LogP contribution in [-0.4, -0.2) is 49.2 Å². The van der Waals surface area contributed by atoms with E-state index in [0.717, 1.165) is 47.9 Å². The van der Waals surface area contributed by atoms with Crippen molar-refractivity contribution in [3.63, 3.8) is 0 Å². The monoisotopic (exact) mass is 577 g/mol. The Kier molecular flexibility index (Phi) is 12.7. The van der Waals surface area contributed by atoms with Crippen molar-refractivity contribution in [1.82, 2.24) is 10.3 Å². The maximum Gasteiger partial charge on any atom is 0.573 e. The Labute approximate surface area is 241 Å². The largest absolute Gasteiger partial charge is 0.573 e. The van der Waals surface area contributed by atoms with Crippen molar-refractivity contribution in [2.45, 2.75) is 73.3 Å². The highest BCUT2D eigenvalue weighted by Crippen LogP contribution is 2.28. The maximum absolute atomic E-state index is 12.4. The first-order valence-electron chi connectivity index (χ1n) is 13.9. The number of carbonyl (C=O) groups excluding carboxylic acids is 1. The molecule has 0 spiro atoms. The van der Waals surface area contributed by atoms with Gasteiger partial charge >= 0.3 is 6.36 Å². The molecular formula is C31H42F3N3O4. The Morgan fingerprint density at radius 3 is 2.37 bits per heavy atom. The van der Waals surface area contributed by atoms with Crippen molar-refractivity contribution >= 4 is 17.8 Å². The number of amides is 1. The molecule has 7 nitrogen and oxygen atoms in total. The van der Waals surface area contributed by atoms with E-state index >= 15 is 0 Å². The Balaban J connectivity index is 0.00000110. The van der Waals surface area contributed by atoms with Gasteiger partial charge in [0.15, 0.2) is 6.61 Å². The lowest BCUT2D eigenvalue weighted by Crippen LogP contribution is -2.48. The smallest absolute Gasteiger partial charge is 0.484 e. The first-order chi connectivity index (χ1) is 19.4. The average molecular weight is 578 g/mol. The van der Waals surface area contributed by atoms with Gasteiger partial charge in [0.1, 0.15) is 17.3 Å². The molecule has 226 valence electrons. The minimum Gasteiger partial charge on any atom is -0.484 e. The molecule has 4 rings (SSSR count). The number of hydrogen-bond acceptors (Lipinski definition) is 6. The number of hydrogen-bond donors (Lipinski definition) is 1. The first-order valence-corrected chi connectivity index (χ1v) is 13.9. The van der Waals surface area contributed by atoms with Crippen molar-refractivity contribution < 1.29 is 32.2 Å². The lowest BCUT2D eigenvalue weighted by molar-refractivity contribution is -0.274. The van der Waals surface area contributed by atoms with Crippen LogP contribution < -0.4 is 19.7 Å². The topological polar surface area (TPSA) is 72.9 Å². The number of aromatic nitrogens is 1. The third-order valence-electron chi connectivity index (χ3n) is 5.77. The molecule has 1 aliphatic heterocycles. The zero-order valence-electron chi connectivity index (χ0n) is 25.0. The molecule has 1 aromatic heterocycles. The van der Waals surface area contributed by atoms with Crippen LogP contribution in [0.4, 0.5) is 19.0 Å². The zero-order chi connectivity index (χ0) is 30.6. The van der Waals surface area contributed by atoms with Gasteiger partial charge in [-0.05, 0) is 80.8 Å². The van der Waals surface area contributed by atoms with Crippen molar-refractivity contribution in [3.05, 3.63) is 65.0 Å². The summed E-state index contributed by atoms with van der Waals surface area (Å²) in [4.78, 5) is 19.5. The van der Waals surface area contributed by atoms with Crippen LogP contribution in [0, 0.1) is 6.92 Å². The van der Waals surface area contributed by atoms with Gasteiger partial charge in [-0.2, -0.15) is 0 Å². The normalized spacial score (nSPS) is 15.6. The SMILES string of the molecule is CC.CCC.Cc1cc(N2CCOC(C)(C)C2)nc2c1CC=C(NC(=O)COc1ccc(OC(F)(F)F)cc1)C=C2. The second kappa shape index (κ2) is 15.5. The molecule has 1 aliphatic carbocycles. The van der Waals surface area contributed by atoms with Crippen molar-refractivity contribution in [3.8, 4) is 11.5 Å². The number of halogens is 3. The van der Waals surface area contributed by atoms with E-state index in [0.29, 0.717) is 18.7 Å². The summed E-state index contributed by atoms with van der Waals surface area (Å²) in [6.07, 6.45) is 2.68. The highest BCUT2D eigenvalue weighted by Gasteiger charge is 2.31. The molecule has 41 heavy (non-hydrogen) atoms. The number of carbonyl (C=O) groups is 1. The lowest BCUT2D eigenvalue weighted by atomic mass is 10.0. The molecule has 0 unspecified atom stereocenters. The molecular weight excluding hydrogens is 535 g/mol. The van der Waals surface area contributed by atoms with Crippen LogP contribution in [0.2, 0.25) is 0 Å². The molecule has 0 saturated carbocycles. The number of anilines is 1. The Hall–Kier alpha value is -3.53. The Morgan fingerprint density at radius 1 is 1.12 bits per heavy atom. The molecule has 1 aromatic carbocycles. The summed E-state index contributed by atoms with van der Waals surface area (Å²) < 4.78 is 51.8. The van der Waals surface area contributed by atoms with Crippen molar-refractivity contribution in [1.29, 1.82) is 0 Å². The molecule has 1 amide bonds. The molecule has 2 aromatic rings. The number of allylic oxidation sites excluding steroid dienone is 2. The van der Waals surface area contributed by atoms with Gasteiger partial charge in [-0.3, -0.25) is 4.79 Å². The summed E-state index contributed by atoms with van der Waals surface area (Å²) in [6.45, 7) is 16.3. The second-order valence-corrected chi connectivity index (χ2v) is 9.95. The fourth-order valence-corrected chi connectivity index (χ4v) is 4.11. The third-order valence-corrected chi connectivity index (χ3v) is 5.77. The van der Waals surface area contributed by atoms with Crippen LogP contribution in [-0.2, 0) is 16.0 Å². The van der Waals surface area contributed by atoms with Gasteiger partial charge in [0, 0.05) is 18.8 Å². The van der Waals surface area contributed by atoms with E-state index in [1.165, 1.54) is 18.6 Å². The van der Waals surface area contributed by atoms with E-state index in [-0.39, 0.29) is 23.7 Å². The predicted molar refractivity (Wildman–Crippen MR) is 156 cm³/mol. The van der Waals surface area contributed by atoms with Crippen LogP contribution in [0.25, 0.3) is 6.08 Å². The van der Waals surface area contributed by atoms with E-state index < -0.39 is 12.3 Å². The summed E-state index contributed by atoms with van der Waals surface area (Å²) in [7, 11) is 0. The summed E-state index contributed by atoms with van der Waals surface area (Å²) in [6, 6.07) is 6.94. The fraction of sp³-hybridized carbons (Fsp3) is 0.484. The lowest BCUT2D eigenvalue weighted by Gasteiger charge is -2.39. The minimum absolute atomic E-state index is 0.240. The molecule has 1 N–H and O–H groups in total. The van der Waals surface area contributed by atoms with E-state index in [1.807, 2.05) is 26.0 Å².